The third kappa shape index (κ3) is 4.96. The van der Waals surface area contributed by atoms with E-state index in [9.17, 15) is 4.79 Å². The molecule has 2 heterocycles. The molecule has 2 aromatic heterocycles. The molecule has 3 rings (SSSR count). The number of amides is 1. The maximum absolute atomic E-state index is 12.6. The first-order chi connectivity index (χ1) is 14.4. The molecule has 0 bridgehead atoms. The lowest BCUT2D eigenvalue weighted by molar-refractivity contribution is -0.113. The Labute approximate surface area is 180 Å². The molecule has 0 aliphatic heterocycles. The third-order valence-corrected chi connectivity index (χ3v) is 5.34. The SMILES string of the molecule is COc1ccc(OC)c(NC(=O)CSc2nnc(-c3ccoc3C)n2CC(C)C)c1. The highest BCUT2D eigenvalue weighted by Crippen LogP contribution is 2.30. The van der Waals surface area contributed by atoms with Gasteiger partial charge in [0.15, 0.2) is 11.0 Å². The zero-order valence-corrected chi connectivity index (χ0v) is 18.6. The number of hydrogen-bond donors (Lipinski definition) is 1. The fourth-order valence-corrected chi connectivity index (χ4v) is 3.72. The van der Waals surface area contributed by atoms with Crippen molar-refractivity contribution in [3.8, 4) is 22.9 Å². The van der Waals surface area contributed by atoms with Gasteiger partial charge in [0.05, 0.1) is 37.5 Å². The van der Waals surface area contributed by atoms with E-state index >= 15 is 0 Å². The van der Waals surface area contributed by atoms with Gasteiger partial charge in [0.2, 0.25) is 5.91 Å². The number of methoxy groups -OCH3 is 2. The van der Waals surface area contributed by atoms with Gasteiger partial charge in [-0.3, -0.25) is 4.79 Å². The lowest BCUT2D eigenvalue weighted by atomic mass is 10.2. The topological polar surface area (TPSA) is 91.4 Å². The first-order valence-electron chi connectivity index (χ1n) is 9.55. The smallest absolute Gasteiger partial charge is 0.234 e. The van der Waals surface area contributed by atoms with E-state index < -0.39 is 0 Å². The second-order valence-corrected chi connectivity index (χ2v) is 8.05. The molecule has 0 aliphatic rings. The van der Waals surface area contributed by atoms with Crippen molar-refractivity contribution in [2.45, 2.75) is 32.5 Å². The van der Waals surface area contributed by atoms with Crippen LogP contribution in [0.2, 0.25) is 0 Å². The van der Waals surface area contributed by atoms with Crippen molar-refractivity contribution in [3.05, 3.63) is 36.3 Å². The Morgan fingerprint density at radius 3 is 2.67 bits per heavy atom. The number of carbonyl (C=O) groups is 1. The predicted octanol–water partition coefficient (Wildman–Crippen LogP) is 4.25. The number of ether oxygens (including phenoxy) is 2. The molecule has 0 unspecified atom stereocenters. The summed E-state index contributed by atoms with van der Waals surface area (Å²) in [5.41, 5.74) is 1.46. The van der Waals surface area contributed by atoms with Crippen molar-refractivity contribution in [3.63, 3.8) is 0 Å². The summed E-state index contributed by atoms with van der Waals surface area (Å²) in [7, 11) is 3.13. The lowest BCUT2D eigenvalue weighted by Crippen LogP contribution is -2.16. The third-order valence-electron chi connectivity index (χ3n) is 4.38. The molecule has 1 amide bonds. The maximum atomic E-state index is 12.6. The van der Waals surface area contributed by atoms with Crippen LogP contribution in [0.25, 0.3) is 11.4 Å². The summed E-state index contributed by atoms with van der Waals surface area (Å²) in [4.78, 5) is 12.6. The number of aryl methyl sites for hydroxylation is 1. The molecule has 3 aromatic rings. The average Bonchev–Trinajstić information content (AvgIpc) is 3.31. The lowest BCUT2D eigenvalue weighted by Gasteiger charge is -2.13. The summed E-state index contributed by atoms with van der Waals surface area (Å²) in [6.07, 6.45) is 1.64. The largest absolute Gasteiger partial charge is 0.497 e. The number of hydrogen-bond acceptors (Lipinski definition) is 7. The van der Waals surface area contributed by atoms with Crippen LogP contribution in [0.1, 0.15) is 19.6 Å². The molecule has 0 atom stereocenters. The minimum atomic E-state index is -0.174. The normalized spacial score (nSPS) is 11.0. The van der Waals surface area contributed by atoms with Gasteiger partial charge in [-0.25, -0.2) is 0 Å². The number of furan rings is 1. The van der Waals surface area contributed by atoms with Gasteiger partial charge in [-0.2, -0.15) is 0 Å². The van der Waals surface area contributed by atoms with Gasteiger partial charge >= 0.3 is 0 Å². The number of aromatic nitrogens is 3. The highest BCUT2D eigenvalue weighted by atomic mass is 32.2. The second-order valence-electron chi connectivity index (χ2n) is 7.10. The van der Waals surface area contributed by atoms with Gasteiger partial charge in [0.25, 0.3) is 0 Å². The highest BCUT2D eigenvalue weighted by Gasteiger charge is 2.19. The van der Waals surface area contributed by atoms with Crippen molar-refractivity contribution in [2.75, 3.05) is 25.3 Å². The molecule has 0 saturated carbocycles. The number of nitrogens with one attached hydrogen (secondary N) is 1. The number of nitrogens with zero attached hydrogens (tertiary/aromatic N) is 3. The quantitative estimate of drug-likeness (QED) is 0.507. The summed E-state index contributed by atoms with van der Waals surface area (Å²) in [5, 5.41) is 12.2. The Bertz CT molecular complexity index is 1010. The van der Waals surface area contributed by atoms with E-state index in [4.69, 9.17) is 13.9 Å². The molecule has 8 nitrogen and oxygen atoms in total. The van der Waals surface area contributed by atoms with E-state index in [1.54, 1.807) is 38.7 Å². The van der Waals surface area contributed by atoms with E-state index in [0.717, 1.165) is 23.7 Å². The molecule has 9 heteroatoms. The Hall–Kier alpha value is -2.94. The van der Waals surface area contributed by atoms with Gasteiger partial charge in [0, 0.05) is 12.6 Å². The molecule has 0 aliphatic carbocycles. The molecule has 0 spiro atoms. The standard InChI is InChI=1S/C21H26N4O4S/c1-13(2)11-25-20(16-8-9-29-14(16)3)23-24-21(25)30-12-19(26)22-17-10-15(27-4)6-7-18(17)28-5/h6-10,13H,11-12H2,1-5H3,(H,22,26). The molecule has 1 N–H and O–H groups in total. The molecule has 0 radical (unpaired) electrons. The molecule has 160 valence electrons. The van der Waals surface area contributed by atoms with Gasteiger partial charge in [-0.15, -0.1) is 10.2 Å². The number of anilines is 1. The average molecular weight is 431 g/mol. The van der Waals surface area contributed by atoms with E-state index in [1.165, 1.54) is 11.8 Å². The zero-order chi connectivity index (χ0) is 21.7. The molecule has 0 fully saturated rings. The predicted molar refractivity (Wildman–Crippen MR) is 116 cm³/mol. The van der Waals surface area contributed by atoms with Crippen LogP contribution in [0, 0.1) is 12.8 Å². The van der Waals surface area contributed by atoms with Crippen LogP contribution in [0.4, 0.5) is 5.69 Å². The summed E-state index contributed by atoms with van der Waals surface area (Å²) < 4.78 is 18.0. The minimum Gasteiger partial charge on any atom is -0.497 e. The number of carbonyl (C=O) groups excluding carboxylic acids is 1. The summed E-state index contributed by atoms with van der Waals surface area (Å²) in [5.74, 6) is 3.12. The van der Waals surface area contributed by atoms with Crippen LogP contribution in [-0.4, -0.2) is 40.6 Å². The Kier molecular flexibility index (Phi) is 7.04. The fourth-order valence-electron chi connectivity index (χ4n) is 2.97. The van der Waals surface area contributed by atoms with Crippen LogP contribution in [0.3, 0.4) is 0 Å². The van der Waals surface area contributed by atoms with Crippen LogP contribution in [-0.2, 0) is 11.3 Å². The monoisotopic (exact) mass is 430 g/mol. The van der Waals surface area contributed by atoms with E-state index in [0.29, 0.717) is 28.3 Å². The zero-order valence-electron chi connectivity index (χ0n) is 17.8. The van der Waals surface area contributed by atoms with E-state index in [2.05, 4.69) is 29.4 Å². The van der Waals surface area contributed by atoms with Crippen molar-refractivity contribution >= 4 is 23.4 Å². The van der Waals surface area contributed by atoms with Gasteiger partial charge < -0.3 is 23.8 Å². The van der Waals surface area contributed by atoms with Gasteiger partial charge in [-0.05, 0) is 31.0 Å². The fraction of sp³-hybridized carbons (Fsp3) is 0.381. The summed E-state index contributed by atoms with van der Waals surface area (Å²) in [6, 6.07) is 7.13. The summed E-state index contributed by atoms with van der Waals surface area (Å²) >= 11 is 1.34. The number of rotatable bonds is 9. The van der Waals surface area contributed by atoms with Crippen LogP contribution < -0.4 is 14.8 Å². The van der Waals surface area contributed by atoms with Crippen LogP contribution >= 0.6 is 11.8 Å². The van der Waals surface area contributed by atoms with E-state index in [1.807, 2.05) is 17.6 Å². The number of thioether (sulfide) groups is 1. The highest BCUT2D eigenvalue weighted by molar-refractivity contribution is 7.99. The second kappa shape index (κ2) is 9.71. The van der Waals surface area contributed by atoms with Crippen molar-refractivity contribution in [1.29, 1.82) is 0 Å². The maximum Gasteiger partial charge on any atom is 0.234 e. The van der Waals surface area contributed by atoms with E-state index in [-0.39, 0.29) is 11.7 Å². The molecule has 1 aromatic carbocycles. The van der Waals surface area contributed by atoms with Crippen molar-refractivity contribution < 1.29 is 18.7 Å². The van der Waals surface area contributed by atoms with Gasteiger partial charge in [0.1, 0.15) is 17.3 Å². The van der Waals surface area contributed by atoms with Gasteiger partial charge in [-0.1, -0.05) is 25.6 Å². The number of benzene rings is 1. The molecule has 30 heavy (non-hydrogen) atoms. The van der Waals surface area contributed by atoms with Crippen LogP contribution in [0.5, 0.6) is 11.5 Å². The Balaban J connectivity index is 1.75. The van der Waals surface area contributed by atoms with Crippen molar-refractivity contribution in [2.24, 2.45) is 5.92 Å². The molecular weight excluding hydrogens is 404 g/mol. The van der Waals surface area contributed by atoms with Crippen molar-refractivity contribution in [1.82, 2.24) is 14.8 Å². The molecule has 0 saturated heterocycles. The van der Waals surface area contributed by atoms with Crippen LogP contribution in [0.15, 0.2) is 40.1 Å². The first kappa shape index (κ1) is 21.8. The summed E-state index contributed by atoms with van der Waals surface area (Å²) in [6.45, 7) is 6.89. The Morgan fingerprint density at radius 2 is 2.03 bits per heavy atom. The minimum absolute atomic E-state index is 0.174. The Morgan fingerprint density at radius 1 is 1.23 bits per heavy atom. The molecular formula is C21H26N4O4S. The first-order valence-corrected chi connectivity index (χ1v) is 10.5.